The third kappa shape index (κ3) is 3.21. The third-order valence-electron chi connectivity index (χ3n) is 2.13. The first kappa shape index (κ1) is 12.0. The zero-order valence-electron chi connectivity index (χ0n) is 7.96. The van der Waals surface area contributed by atoms with Gasteiger partial charge in [0.1, 0.15) is 0 Å². The van der Waals surface area contributed by atoms with Gasteiger partial charge in [-0.05, 0) is 12.0 Å². The minimum atomic E-state index is -4.79. The van der Waals surface area contributed by atoms with Crippen LogP contribution in [0.4, 0.5) is 13.2 Å². The quantitative estimate of drug-likeness (QED) is 0.762. The second-order valence-electron chi connectivity index (χ2n) is 3.41. The SMILES string of the molecule is NC(O)(CCc1ccccc1)C(F)(F)F. The van der Waals surface area contributed by atoms with Gasteiger partial charge in [0.2, 0.25) is 5.72 Å². The summed E-state index contributed by atoms with van der Waals surface area (Å²) in [6, 6.07) is 8.58. The largest absolute Gasteiger partial charge is 0.430 e. The number of hydrogen-bond donors (Lipinski definition) is 2. The van der Waals surface area contributed by atoms with E-state index in [4.69, 9.17) is 10.8 Å². The molecule has 1 rings (SSSR count). The minimum absolute atomic E-state index is 0.0906. The molecule has 0 radical (unpaired) electrons. The molecular formula is C10H12F3NO. The fourth-order valence-corrected chi connectivity index (χ4v) is 1.12. The molecule has 0 heterocycles. The standard InChI is InChI=1S/C10H12F3NO/c11-10(12,13)9(14,15)7-6-8-4-2-1-3-5-8/h1-5,15H,6-7,14H2. The van der Waals surface area contributed by atoms with Crippen molar-refractivity contribution in [3.05, 3.63) is 35.9 Å². The van der Waals surface area contributed by atoms with E-state index in [0.29, 0.717) is 5.56 Å². The molecule has 0 spiro atoms. The molecular weight excluding hydrogens is 207 g/mol. The molecule has 2 nitrogen and oxygen atoms in total. The van der Waals surface area contributed by atoms with Gasteiger partial charge in [-0.15, -0.1) is 0 Å². The zero-order valence-corrected chi connectivity index (χ0v) is 7.96. The number of hydrogen-bond acceptors (Lipinski definition) is 2. The molecule has 0 saturated heterocycles. The van der Waals surface area contributed by atoms with E-state index in [1.807, 2.05) is 0 Å². The van der Waals surface area contributed by atoms with Crippen molar-refractivity contribution >= 4 is 0 Å². The minimum Gasteiger partial charge on any atom is -0.368 e. The molecule has 3 N–H and O–H groups in total. The summed E-state index contributed by atoms with van der Waals surface area (Å²) in [6.45, 7) is 0. The average Bonchev–Trinajstić information content (AvgIpc) is 2.15. The highest BCUT2D eigenvalue weighted by atomic mass is 19.4. The highest BCUT2D eigenvalue weighted by Crippen LogP contribution is 2.29. The lowest BCUT2D eigenvalue weighted by Gasteiger charge is -2.25. The molecule has 0 bridgehead atoms. The predicted molar refractivity (Wildman–Crippen MR) is 50.0 cm³/mol. The van der Waals surface area contributed by atoms with Crippen LogP contribution in [-0.4, -0.2) is 17.0 Å². The van der Waals surface area contributed by atoms with Crippen LogP contribution in [0.3, 0.4) is 0 Å². The molecule has 15 heavy (non-hydrogen) atoms. The molecule has 1 atom stereocenters. The molecule has 1 aromatic carbocycles. The van der Waals surface area contributed by atoms with Crippen molar-refractivity contribution in [1.29, 1.82) is 0 Å². The lowest BCUT2D eigenvalue weighted by Crippen LogP contribution is -2.53. The van der Waals surface area contributed by atoms with E-state index in [9.17, 15) is 13.2 Å². The van der Waals surface area contributed by atoms with Gasteiger partial charge in [-0.25, -0.2) is 0 Å². The molecule has 5 heteroatoms. The molecule has 1 unspecified atom stereocenters. The van der Waals surface area contributed by atoms with Crippen molar-refractivity contribution < 1.29 is 18.3 Å². The van der Waals surface area contributed by atoms with E-state index in [-0.39, 0.29) is 6.42 Å². The summed E-state index contributed by atoms with van der Waals surface area (Å²) in [4.78, 5) is 0. The Hall–Kier alpha value is -1.07. The van der Waals surface area contributed by atoms with Gasteiger partial charge in [0, 0.05) is 6.42 Å². The monoisotopic (exact) mass is 219 g/mol. The number of aryl methyl sites for hydroxylation is 1. The van der Waals surface area contributed by atoms with E-state index >= 15 is 0 Å². The summed E-state index contributed by atoms with van der Waals surface area (Å²) < 4.78 is 36.5. The van der Waals surface area contributed by atoms with Gasteiger partial charge >= 0.3 is 6.18 Å². The van der Waals surface area contributed by atoms with Crippen molar-refractivity contribution in [2.75, 3.05) is 0 Å². The Morgan fingerprint density at radius 1 is 1.13 bits per heavy atom. The third-order valence-corrected chi connectivity index (χ3v) is 2.13. The van der Waals surface area contributed by atoms with Crippen LogP contribution in [0, 0.1) is 0 Å². The van der Waals surface area contributed by atoms with Gasteiger partial charge in [0.05, 0.1) is 0 Å². The van der Waals surface area contributed by atoms with Gasteiger partial charge in [-0.3, -0.25) is 5.73 Å². The Balaban J connectivity index is 2.58. The van der Waals surface area contributed by atoms with Crippen LogP contribution < -0.4 is 5.73 Å². The Labute approximate surface area is 85.5 Å². The van der Waals surface area contributed by atoms with Crippen LogP contribution in [0.15, 0.2) is 30.3 Å². The fourth-order valence-electron chi connectivity index (χ4n) is 1.12. The van der Waals surface area contributed by atoms with Crippen molar-refractivity contribution in [2.24, 2.45) is 5.73 Å². The van der Waals surface area contributed by atoms with E-state index < -0.39 is 18.3 Å². The van der Waals surface area contributed by atoms with Crippen molar-refractivity contribution in [2.45, 2.75) is 24.7 Å². The van der Waals surface area contributed by atoms with E-state index in [0.717, 1.165) is 0 Å². The smallest absolute Gasteiger partial charge is 0.368 e. The maximum Gasteiger partial charge on any atom is 0.430 e. The van der Waals surface area contributed by atoms with Gasteiger partial charge < -0.3 is 5.11 Å². The topological polar surface area (TPSA) is 46.2 Å². The molecule has 0 aliphatic carbocycles. The van der Waals surface area contributed by atoms with Gasteiger partial charge in [-0.1, -0.05) is 30.3 Å². The summed E-state index contributed by atoms with van der Waals surface area (Å²) in [5.41, 5.74) is 2.38. The average molecular weight is 219 g/mol. The number of halogens is 3. The number of benzene rings is 1. The van der Waals surface area contributed by atoms with E-state index in [2.05, 4.69) is 0 Å². The van der Waals surface area contributed by atoms with Gasteiger partial charge in [0.25, 0.3) is 0 Å². The van der Waals surface area contributed by atoms with Crippen LogP contribution in [0.5, 0.6) is 0 Å². The Morgan fingerprint density at radius 3 is 2.13 bits per heavy atom. The van der Waals surface area contributed by atoms with Gasteiger partial charge in [-0.2, -0.15) is 13.2 Å². The molecule has 84 valence electrons. The molecule has 0 aliphatic heterocycles. The lowest BCUT2D eigenvalue weighted by atomic mass is 10.0. The second kappa shape index (κ2) is 4.20. The first-order valence-corrected chi connectivity index (χ1v) is 4.45. The predicted octanol–water partition coefficient (Wildman–Crippen LogP) is 1.83. The summed E-state index contributed by atoms with van der Waals surface area (Å²) >= 11 is 0. The normalized spacial score (nSPS) is 16.1. The van der Waals surface area contributed by atoms with E-state index in [1.54, 1.807) is 30.3 Å². The second-order valence-corrected chi connectivity index (χ2v) is 3.41. The van der Waals surface area contributed by atoms with E-state index in [1.165, 1.54) is 0 Å². The summed E-state index contributed by atoms with van der Waals surface area (Å²) in [6.07, 6.45) is -5.24. The van der Waals surface area contributed by atoms with Crippen molar-refractivity contribution in [3.8, 4) is 0 Å². The Kier molecular flexibility index (Phi) is 3.36. The summed E-state index contributed by atoms with van der Waals surface area (Å²) in [7, 11) is 0. The first-order valence-electron chi connectivity index (χ1n) is 4.45. The van der Waals surface area contributed by atoms with Gasteiger partial charge in [0.15, 0.2) is 0 Å². The number of nitrogens with two attached hydrogens (primary N) is 1. The first-order chi connectivity index (χ1) is 6.83. The van der Waals surface area contributed by atoms with Crippen LogP contribution in [-0.2, 0) is 6.42 Å². The maximum absolute atomic E-state index is 12.2. The molecule has 1 aromatic rings. The van der Waals surface area contributed by atoms with Crippen LogP contribution >= 0.6 is 0 Å². The zero-order chi connectivity index (χ0) is 11.5. The highest BCUT2D eigenvalue weighted by molar-refractivity contribution is 5.15. The fraction of sp³-hybridized carbons (Fsp3) is 0.400. The lowest BCUT2D eigenvalue weighted by molar-refractivity contribution is -0.260. The molecule has 0 fully saturated rings. The molecule has 0 aromatic heterocycles. The molecule has 0 saturated carbocycles. The number of rotatable bonds is 3. The number of alkyl halides is 3. The maximum atomic E-state index is 12.2. The highest BCUT2D eigenvalue weighted by Gasteiger charge is 2.50. The van der Waals surface area contributed by atoms with Crippen LogP contribution in [0.1, 0.15) is 12.0 Å². The summed E-state index contributed by atoms with van der Waals surface area (Å²) in [5.74, 6) is 0. The summed E-state index contributed by atoms with van der Waals surface area (Å²) in [5, 5.41) is 8.97. The number of aliphatic hydroxyl groups is 1. The van der Waals surface area contributed by atoms with Crippen molar-refractivity contribution in [3.63, 3.8) is 0 Å². The van der Waals surface area contributed by atoms with Crippen LogP contribution in [0.2, 0.25) is 0 Å². The van der Waals surface area contributed by atoms with Crippen molar-refractivity contribution in [1.82, 2.24) is 0 Å². The van der Waals surface area contributed by atoms with Crippen LogP contribution in [0.25, 0.3) is 0 Å². The molecule has 0 aliphatic rings. The Morgan fingerprint density at radius 2 is 1.67 bits per heavy atom. The Bertz CT molecular complexity index is 308. The molecule has 0 amide bonds.